The van der Waals surface area contributed by atoms with Gasteiger partial charge in [-0.1, -0.05) is 26.0 Å². The van der Waals surface area contributed by atoms with E-state index in [-0.39, 0.29) is 30.4 Å². The van der Waals surface area contributed by atoms with E-state index in [0.717, 1.165) is 44.3 Å². The summed E-state index contributed by atoms with van der Waals surface area (Å²) in [5.74, 6) is 0.910. The molecule has 4 rings (SSSR count). The lowest BCUT2D eigenvalue weighted by Gasteiger charge is -2.39. The van der Waals surface area contributed by atoms with Crippen LogP contribution in [0.2, 0.25) is 0 Å². The quantitative estimate of drug-likeness (QED) is 0.269. The number of likely N-dealkylation sites (tertiary alicyclic amines) is 1. The molecule has 0 bridgehead atoms. The largest absolute Gasteiger partial charge is 0.457 e. The van der Waals surface area contributed by atoms with Gasteiger partial charge in [0.05, 0.1) is 12.4 Å². The predicted octanol–water partition coefficient (Wildman–Crippen LogP) is 5.50. The van der Waals surface area contributed by atoms with Gasteiger partial charge in [0.25, 0.3) is 0 Å². The van der Waals surface area contributed by atoms with Crippen LogP contribution in [0.1, 0.15) is 32.3 Å². The van der Waals surface area contributed by atoms with Crippen molar-refractivity contribution in [1.82, 2.24) is 9.80 Å². The highest BCUT2D eigenvalue weighted by molar-refractivity contribution is 7.92. The van der Waals surface area contributed by atoms with Crippen LogP contribution in [-0.2, 0) is 16.6 Å². The minimum Gasteiger partial charge on any atom is -0.457 e. The van der Waals surface area contributed by atoms with Crippen molar-refractivity contribution >= 4 is 27.4 Å². The molecule has 3 N–H and O–H groups in total. The topological polar surface area (TPSA) is 111 Å². The summed E-state index contributed by atoms with van der Waals surface area (Å²) in [6.45, 7) is 6.44. The SMILES string of the molecule is CC(C)C(O)CN(C(=O)Nc1ccc(F)cc1)C1CCN(Cc2ccc(Oc3ccc(NS(C)(=O)=O)cc3)cc2)CC1. The van der Waals surface area contributed by atoms with E-state index in [9.17, 15) is 22.7 Å². The van der Waals surface area contributed by atoms with Gasteiger partial charge < -0.3 is 20.1 Å². The summed E-state index contributed by atoms with van der Waals surface area (Å²) < 4.78 is 44.4. The second-order valence-corrected chi connectivity index (χ2v) is 12.8. The number of piperidine rings is 1. The molecule has 1 heterocycles. The second kappa shape index (κ2) is 14.0. The molecular weight excluding hydrogens is 559 g/mol. The highest BCUT2D eigenvalue weighted by Gasteiger charge is 2.30. The highest BCUT2D eigenvalue weighted by Crippen LogP contribution is 2.25. The average Bonchev–Trinajstić information content (AvgIpc) is 2.94. The average molecular weight is 599 g/mol. The summed E-state index contributed by atoms with van der Waals surface area (Å²) >= 11 is 0. The molecule has 0 aromatic heterocycles. The van der Waals surface area contributed by atoms with Gasteiger partial charge in [-0.15, -0.1) is 0 Å². The van der Waals surface area contributed by atoms with Crippen LogP contribution in [-0.4, -0.2) is 67.4 Å². The maximum atomic E-state index is 13.3. The number of urea groups is 1. The van der Waals surface area contributed by atoms with Gasteiger partial charge in [-0.2, -0.15) is 0 Å². The van der Waals surface area contributed by atoms with Crippen LogP contribution in [0.3, 0.4) is 0 Å². The molecule has 3 aromatic carbocycles. The number of amides is 2. The summed E-state index contributed by atoms with van der Waals surface area (Å²) in [4.78, 5) is 17.3. The number of aliphatic hydroxyl groups is 1. The highest BCUT2D eigenvalue weighted by atomic mass is 32.2. The lowest BCUT2D eigenvalue weighted by atomic mass is 10.0. The number of carbonyl (C=O) groups excluding carboxylic acids is 1. The molecule has 2 amide bonds. The Labute approximate surface area is 247 Å². The normalized spacial score (nSPS) is 15.3. The van der Waals surface area contributed by atoms with Crippen LogP contribution in [0, 0.1) is 11.7 Å². The molecule has 1 fully saturated rings. The van der Waals surface area contributed by atoms with Crippen molar-refractivity contribution in [2.75, 3.05) is 35.9 Å². The van der Waals surface area contributed by atoms with E-state index in [1.165, 1.54) is 24.3 Å². The Morgan fingerprint density at radius 2 is 1.52 bits per heavy atom. The zero-order valence-corrected chi connectivity index (χ0v) is 25.0. The smallest absolute Gasteiger partial charge is 0.322 e. The Morgan fingerprint density at radius 1 is 0.976 bits per heavy atom. The van der Waals surface area contributed by atoms with Crippen molar-refractivity contribution in [3.05, 3.63) is 84.2 Å². The number of carbonyl (C=O) groups is 1. The van der Waals surface area contributed by atoms with Crippen molar-refractivity contribution in [3.8, 4) is 11.5 Å². The van der Waals surface area contributed by atoms with E-state index in [1.54, 1.807) is 29.2 Å². The standard InChI is InChI=1S/C31H39FN4O5S/c1-22(2)30(37)21-36(31(38)33-25-8-6-24(32)7-9-25)27-16-18-35(19-17-27)20-23-4-12-28(13-5-23)41-29-14-10-26(11-15-29)34-42(3,39)40/h4-15,22,27,30,34,37H,16-21H2,1-3H3,(H,33,38). The first kappa shape index (κ1) is 31.3. The lowest BCUT2D eigenvalue weighted by Crippen LogP contribution is -2.51. The van der Waals surface area contributed by atoms with Gasteiger partial charge in [0.2, 0.25) is 10.0 Å². The molecule has 0 spiro atoms. The maximum Gasteiger partial charge on any atom is 0.322 e. The molecule has 1 atom stereocenters. The summed E-state index contributed by atoms with van der Waals surface area (Å²) in [6.07, 6.45) is 2.00. The molecular formula is C31H39FN4O5S. The molecule has 1 aliphatic heterocycles. The Hall–Kier alpha value is -3.67. The third-order valence-corrected chi connectivity index (χ3v) is 7.84. The molecule has 226 valence electrons. The molecule has 1 unspecified atom stereocenters. The number of rotatable bonds is 11. The van der Waals surface area contributed by atoms with Gasteiger partial charge in [0.1, 0.15) is 17.3 Å². The fourth-order valence-corrected chi connectivity index (χ4v) is 5.35. The van der Waals surface area contributed by atoms with Crippen LogP contribution in [0.4, 0.5) is 20.6 Å². The number of aliphatic hydroxyl groups excluding tert-OH is 1. The van der Waals surface area contributed by atoms with Gasteiger partial charge in [0.15, 0.2) is 0 Å². The molecule has 9 nitrogen and oxygen atoms in total. The second-order valence-electron chi connectivity index (χ2n) is 11.1. The molecule has 42 heavy (non-hydrogen) atoms. The van der Waals surface area contributed by atoms with E-state index in [0.29, 0.717) is 22.9 Å². The van der Waals surface area contributed by atoms with Crippen molar-refractivity contribution in [1.29, 1.82) is 0 Å². The Balaban J connectivity index is 1.30. The summed E-state index contributed by atoms with van der Waals surface area (Å²) in [6, 6.07) is 19.9. The molecule has 3 aromatic rings. The summed E-state index contributed by atoms with van der Waals surface area (Å²) in [7, 11) is -3.33. The first-order valence-corrected chi connectivity index (χ1v) is 15.9. The fourth-order valence-electron chi connectivity index (χ4n) is 4.79. The lowest BCUT2D eigenvalue weighted by molar-refractivity contribution is 0.0569. The van der Waals surface area contributed by atoms with Gasteiger partial charge in [-0.05, 0) is 85.0 Å². The number of anilines is 2. The Kier molecular flexibility index (Phi) is 10.4. The van der Waals surface area contributed by atoms with Crippen molar-refractivity contribution < 1.29 is 27.4 Å². The number of hydrogen-bond acceptors (Lipinski definition) is 6. The molecule has 0 saturated carbocycles. The number of nitrogens with one attached hydrogen (secondary N) is 2. The zero-order chi connectivity index (χ0) is 30.3. The van der Waals surface area contributed by atoms with Crippen molar-refractivity contribution in [2.45, 2.75) is 45.4 Å². The summed E-state index contributed by atoms with van der Waals surface area (Å²) in [5, 5.41) is 13.4. The minimum absolute atomic E-state index is 0.00871. The fraction of sp³-hybridized carbons (Fsp3) is 0.387. The van der Waals surface area contributed by atoms with Crippen LogP contribution >= 0.6 is 0 Å². The summed E-state index contributed by atoms with van der Waals surface area (Å²) in [5.41, 5.74) is 2.11. The van der Waals surface area contributed by atoms with Gasteiger partial charge in [-0.25, -0.2) is 17.6 Å². The van der Waals surface area contributed by atoms with E-state index in [2.05, 4.69) is 14.9 Å². The van der Waals surface area contributed by atoms with E-state index >= 15 is 0 Å². The van der Waals surface area contributed by atoms with E-state index in [1.807, 2.05) is 38.1 Å². The van der Waals surface area contributed by atoms with E-state index in [4.69, 9.17) is 4.74 Å². The van der Waals surface area contributed by atoms with Crippen LogP contribution < -0.4 is 14.8 Å². The monoisotopic (exact) mass is 598 g/mol. The van der Waals surface area contributed by atoms with Gasteiger partial charge >= 0.3 is 6.03 Å². The van der Waals surface area contributed by atoms with Crippen LogP contribution in [0.25, 0.3) is 0 Å². The first-order chi connectivity index (χ1) is 19.9. The van der Waals surface area contributed by atoms with Gasteiger partial charge in [0, 0.05) is 43.6 Å². The van der Waals surface area contributed by atoms with Crippen molar-refractivity contribution in [2.24, 2.45) is 5.92 Å². The third-order valence-electron chi connectivity index (χ3n) is 7.23. The number of hydrogen-bond donors (Lipinski definition) is 3. The number of benzene rings is 3. The molecule has 0 radical (unpaired) electrons. The van der Waals surface area contributed by atoms with Crippen LogP contribution in [0.5, 0.6) is 11.5 Å². The number of sulfonamides is 1. The Morgan fingerprint density at radius 3 is 2.07 bits per heavy atom. The number of halogens is 1. The molecule has 1 saturated heterocycles. The number of ether oxygens (including phenoxy) is 1. The Bertz CT molecular complexity index is 1410. The minimum atomic E-state index is -3.33. The van der Waals surface area contributed by atoms with E-state index < -0.39 is 16.1 Å². The molecule has 0 aliphatic carbocycles. The third kappa shape index (κ3) is 9.43. The molecule has 1 aliphatic rings. The maximum absolute atomic E-state index is 13.3. The van der Waals surface area contributed by atoms with Crippen molar-refractivity contribution in [3.63, 3.8) is 0 Å². The first-order valence-electron chi connectivity index (χ1n) is 14.0. The predicted molar refractivity (Wildman–Crippen MR) is 163 cm³/mol. The van der Waals surface area contributed by atoms with Gasteiger partial charge in [-0.3, -0.25) is 9.62 Å². The number of nitrogens with zero attached hydrogens (tertiary/aromatic N) is 2. The molecule has 11 heteroatoms. The zero-order valence-electron chi connectivity index (χ0n) is 24.2. The van der Waals surface area contributed by atoms with Crippen LogP contribution in [0.15, 0.2) is 72.8 Å².